The Hall–Kier alpha value is -2.37. The molecule has 0 radical (unpaired) electrons. The number of rotatable bonds is 5. The molecule has 0 saturated heterocycles. The van der Waals surface area contributed by atoms with Crippen molar-refractivity contribution in [3.8, 4) is 17.2 Å². The fourth-order valence-corrected chi connectivity index (χ4v) is 2.18. The molecule has 3 rings (SSSR count). The number of hydrogen-bond acceptors (Lipinski definition) is 4. The van der Waals surface area contributed by atoms with Crippen LogP contribution in [0.3, 0.4) is 0 Å². The Kier molecular flexibility index (Phi) is 3.37. The number of anilines is 1. The lowest BCUT2D eigenvalue weighted by atomic mass is 10.2. The molecule has 1 aromatic heterocycles. The number of nitrogens with zero attached hydrogens (tertiary/aromatic N) is 2. The zero-order valence-electron chi connectivity index (χ0n) is 11.6. The van der Waals surface area contributed by atoms with E-state index in [4.69, 9.17) is 14.2 Å². The van der Waals surface area contributed by atoms with Crippen LogP contribution in [0.25, 0.3) is 0 Å². The SMILES string of the molecule is COc1cc2c(cc1NCC[n+]1ccn(C)c1)OCO2. The molecule has 0 amide bonds. The third-order valence-electron chi connectivity index (χ3n) is 3.20. The fraction of sp³-hybridized carbons (Fsp3) is 0.357. The average Bonchev–Trinajstić information content (AvgIpc) is 3.06. The van der Waals surface area contributed by atoms with Crippen molar-refractivity contribution in [3.05, 3.63) is 30.9 Å². The Labute approximate surface area is 117 Å². The number of methoxy groups -OCH3 is 1. The first-order valence-electron chi connectivity index (χ1n) is 6.49. The van der Waals surface area contributed by atoms with E-state index in [0.717, 1.165) is 36.0 Å². The normalized spacial score (nSPS) is 12.5. The second-order valence-corrected chi connectivity index (χ2v) is 4.65. The topological polar surface area (TPSA) is 48.5 Å². The van der Waals surface area contributed by atoms with Gasteiger partial charge < -0.3 is 19.5 Å². The van der Waals surface area contributed by atoms with Crippen LogP contribution in [0.4, 0.5) is 5.69 Å². The van der Waals surface area contributed by atoms with Crippen LogP contribution in [0.1, 0.15) is 0 Å². The summed E-state index contributed by atoms with van der Waals surface area (Å²) in [6.07, 6.45) is 6.10. The van der Waals surface area contributed by atoms with Gasteiger partial charge in [-0.15, -0.1) is 0 Å². The molecular weight excluding hydrogens is 258 g/mol. The minimum Gasteiger partial charge on any atom is -0.494 e. The smallest absolute Gasteiger partial charge is 0.243 e. The summed E-state index contributed by atoms with van der Waals surface area (Å²) in [5.41, 5.74) is 0.910. The molecule has 0 bridgehead atoms. The molecule has 0 spiro atoms. The molecule has 1 aliphatic heterocycles. The summed E-state index contributed by atoms with van der Waals surface area (Å²) in [6, 6.07) is 3.76. The van der Waals surface area contributed by atoms with Gasteiger partial charge in [-0.2, -0.15) is 0 Å². The number of imidazole rings is 1. The summed E-state index contributed by atoms with van der Waals surface area (Å²) in [6.45, 7) is 1.94. The molecule has 20 heavy (non-hydrogen) atoms. The van der Waals surface area contributed by atoms with Crippen LogP contribution < -0.4 is 24.1 Å². The van der Waals surface area contributed by atoms with Gasteiger partial charge in [-0.05, 0) is 0 Å². The second-order valence-electron chi connectivity index (χ2n) is 4.65. The molecule has 2 heterocycles. The Bertz CT molecular complexity index is 610. The summed E-state index contributed by atoms with van der Waals surface area (Å²) in [5.74, 6) is 2.23. The number of ether oxygens (including phenoxy) is 3. The number of hydrogen-bond donors (Lipinski definition) is 1. The lowest BCUT2D eigenvalue weighted by molar-refractivity contribution is -0.693. The standard InChI is InChI=1S/C14H18N3O3/c1-16-5-6-17(9-16)4-3-15-11-7-13-14(20-10-19-13)8-12(11)18-2/h5-9,15H,3-4,10H2,1-2H3/q+1. The van der Waals surface area contributed by atoms with E-state index in [1.807, 2.05) is 42.5 Å². The van der Waals surface area contributed by atoms with E-state index < -0.39 is 0 Å². The van der Waals surface area contributed by atoms with Gasteiger partial charge in [-0.25, -0.2) is 9.13 Å². The van der Waals surface area contributed by atoms with Crippen LogP contribution in [-0.4, -0.2) is 25.0 Å². The summed E-state index contributed by atoms with van der Waals surface area (Å²) in [7, 11) is 3.65. The summed E-state index contributed by atoms with van der Waals surface area (Å²) >= 11 is 0. The van der Waals surface area contributed by atoms with Crippen molar-refractivity contribution in [2.45, 2.75) is 6.54 Å². The van der Waals surface area contributed by atoms with Gasteiger partial charge >= 0.3 is 0 Å². The predicted molar refractivity (Wildman–Crippen MR) is 73.2 cm³/mol. The number of fused-ring (bicyclic) bond motifs is 1. The van der Waals surface area contributed by atoms with E-state index in [9.17, 15) is 0 Å². The maximum absolute atomic E-state index is 5.38. The van der Waals surface area contributed by atoms with Crippen LogP contribution in [0, 0.1) is 0 Å². The Morgan fingerprint density at radius 2 is 2.15 bits per heavy atom. The Morgan fingerprint density at radius 3 is 2.85 bits per heavy atom. The molecule has 1 N–H and O–H groups in total. The van der Waals surface area contributed by atoms with Crippen LogP contribution in [0.2, 0.25) is 0 Å². The number of benzene rings is 1. The average molecular weight is 276 g/mol. The molecule has 2 aromatic rings. The van der Waals surface area contributed by atoms with Gasteiger partial charge in [-0.3, -0.25) is 0 Å². The van der Waals surface area contributed by atoms with Crippen molar-refractivity contribution in [2.24, 2.45) is 7.05 Å². The first-order chi connectivity index (χ1) is 9.76. The van der Waals surface area contributed by atoms with Crippen LogP contribution >= 0.6 is 0 Å². The molecule has 0 aliphatic carbocycles. The molecule has 0 unspecified atom stereocenters. The highest BCUT2D eigenvalue weighted by Gasteiger charge is 2.17. The number of nitrogens with one attached hydrogen (secondary N) is 1. The Morgan fingerprint density at radius 1 is 1.35 bits per heavy atom. The monoisotopic (exact) mass is 276 g/mol. The predicted octanol–water partition coefficient (Wildman–Crippen LogP) is 1.16. The molecule has 0 saturated carbocycles. The molecule has 6 heteroatoms. The van der Waals surface area contributed by atoms with E-state index in [1.54, 1.807) is 7.11 Å². The fourth-order valence-electron chi connectivity index (χ4n) is 2.18. The van der Waals surface area contributed by atoms with Crippen molar-refractivity contribution < 1.29 is 18.8 Å². The van der Waals surface area contributed by atoms with Gasteiger partial charge in [0.15, 0.2) is 11.5 Å². The zero-order valence-corrected chi connectivity index (χ0v) is 11.6. The van der Waals surface area contributed by atoms with Gasteiger partial charge in [0.2, 0.25) is 13.1 Å². The first kappa shape index (κ1) is 12.7. The van der Waals surface area contributed by atoms with E-state index in [-0.39, 0.29) is 6.79 Å². The van der Waals surface area contributed by atoms with Crippen molar-refractivity contribution >= 4 is 5.69 Å². The van der Waals surface area contributed by atoms with Crippen molar-refractivity contribution in [2.75, 3.05) is 25.8 Å². The van der Waals surface area contributed by atoms with Crippen LogP contribution in [0.15, 0.2) is 30.9 Å². The molecular formula is C14H18N3O3+. The van der Waals surface area contributed by atoms with Gasteiger partial charge in [0.25, 0.3) is 0 Å². The number of aryl methyl sites for hydroxylation is 1. The summed E-state index contributed by atoms with van der Waals surface area (Å²) < 4.78 is 20.2. The van der Waals surface area contributed by atoms with Gasteiger partial charge in [0, 0.05) is 12.1 Å². The van der Waals surface area contributed by atoms with Crippen LogP contribution in [0.5, 0.6) is 17.2 Å². The quantitative estimate of drug-likeness (QED) is 0.833. The lowest BCUT2D eigenvalue weighted by Crippen LogP contribution is -2.34. The largest absolute Gasteiger partial charge is 0.494 e. The minimum atomic E-state index is 0.266. The van der Waals surface area contributed by atoms with E-state index in [1.165, 1.54) is 0 Å². The van der Waals surface area contributed by atoms with Gasteiger partial charge in [0.1, 0.15) is 24.7 Å². The summed E-state index contributed by atoms with van der Waals surface area (Å²) in [5, 5.41) is 3.36. The van der Waals surface area contributed by atoms with Crippen molar-refractivity contribution in [3.63, 3.8) is 0 Å². The van der Waals surface area contributed by atoms with E-state index in [0.29, 0.717) is 0 Å². The molecule has 1 aliphatic rings. The highest BCUT2D eigenvalue weighted by molar-refractivity contribution is 5.65. The molecule has 0 atom stereocenters. The molecule has 0 fully saturated rings. The van der Waals surface area contributed by atoms with Crippen molar-refractivity contribution in [1.29, 1.82) is 0 Å². The van der Waals surface area contributed by atoms with Crippen molar-refractivity contribution in [1.82, 2.24) is 4.57 Å². The highest BCUT2D eigenvalue weighted by atomic mass is 16.7. The molecule has 1 aromatic carbocycles. The van der Waals surface area contributed by atoms with Gasteiger partial charge in [0.05, 0.1) is 26.4 Å². The zero-order chi connectivity index (χ0) is 13.9. The first-order valence-corrected chi connectivity index (χ1v) is 6.49. The highest BCUT2D eigenvalue weighted by Crippen LogP contribution is 2.40. The third kappa shape index (κ3) is 2.49. The van der Waals surface area contributed by atoms with E-state index >= 15 is 0 Å². The third-order valence-corrected chi connectivity index (χ3v) is 3.20. The molecule has 6 nitrogen and oxygen atoms in total. The van der Waals surface area contributed by atoms with E-state index in [2.05, 4.69) is 9.88 Å². The lowest BCUT2D eigenvalue weighted by Gasteiger charge is -2.11. The summed E-state index contributed by atoms with van der Waals surface area (Å²) in [4.78, 5) is 0. The maximum Gasteiger partial charge on any atom is 0.243 e. The van der Waals surface area contributed by atoms with Gasteiger partial charge in [-0.1, -0.05) is 0 Å². The maximum atomic E-state index is 5.38. The van der Waals surface area contributed by atoms with Crippen LogP contribution in [-0.2, 0) is 13.6 Å². The Balaban J connectivity index is 1.67. The number of aromatic nitrogens is 2. The molecule has 106 valence electrons. The second kappa shape index (κ2) is 5.32. The minimum absolute atomic E-state index is 0.266.